The van der Waals surface area contributed by atoms with Gasteiger partial charge in [-0.2, -0.15) is 13.2 Å². The van der Waals surface area contributed by atoms with Crippen LogP contribution in [0.25, 0.3) is 0 Å². The Hall–Kier alpha value is -1.92. The summed E-state index contributed by atoms with van der Waals surface area (Å²) in [5, 5.41) is 11.8. The minimum absolute atomic E-state index is 0.197. The Balaban J connectivity index is 1.16. The number of benzene rings is 1. The molecule has 1 saturated carbocycles. The van der Waals surface area contributed by atoms with Gasteiger partial charge in [0.15, 0.2) is 0 Å². The van der Waals surface area contributed by atoms with Crippen LogP contribution in [-0.2, 0) is 5.60 Å². The van der Waals surface area contributed by atoms with Crippen LogP contribution >= 0.6 is 0 Å². The molecular formula is C33H45F3N2O. The van der Waals surface area contributed by atoms with Crippen molar-refractivity contribution in [3.05, 3.63) is 58.7 Å². The largest absolute Gasteiger partial charge is 0.418 e. The maximum atomic E-state index is 13.5. The number of aliphatic imine (C=N–C) groups is 1. The van der Waals surface area contributed by atoms with Gasteiger partial charge in [0.25, 0.3) is 0 Å². The first-order valence-electron chi connectivity index (χ1n) is 15.1. The van der Waals surface area contributed by atoms with Crippen molar-refractivity contribution < 1.29 is 18.3 Å². The number of nitrogens with zero attached hydrogens (tertiary/aromatic N) is 2. The highest BCUT2D eigenvalue weighted by atomic mass is 19.4. The normalized spacial score (nSPS) is 27.6. The highest BCUT2D eigenvalue weighted by Crippen LogP contribution is 2.42. The Bertz CT molecular complexity index is 1100. The molecule has 39 heavy (non-hydrogen) atoms. The predicted octanol–water partition coefficient (Wildman–Crippen LogP) is 7.73. The molecule has 2 fully saturated rings. The van der Waals surface area contributed by atoms with Gasteiger partial charge in [-0.1, -0.05) is 50.1 Å². The Labute approximate surface area is 232 Å². The number of aryl methyl sites for hydroxylation is 1. The van der Waals surface area contributed by atoms with Gasteiger partial charge in [-0.25, -0.2) is 0 Å². The topological polar surface area (TPSA) is 35.8 Å². The lowest BCUT2D eigenvalue weighted by atomic mass is 9.74. The van der Waals surface area contributed by atoms with Crippen LogP contribution in [0.4, 0.5) is 13.2 Å². The monoisotopic (exact) mass is 542 g/mol. The fourth-order valence-corrected chi connectivity index (χ4v) is 7.86. The third-order valence-electron chi connectivity index (χ3n) is 10.1. The first-order chi connectivity index (χ1) is 18.5. The van der Waals surface area contributed by atoms with Crippen LogP contribution in [-0.4, -0.2) is 48.1 Å². The van der Waals surface area contributed by atoms with E-state index in [1.807, 2.05) is 13.0 Å². The van der Waals surface area contributed by atoms with E-state index in [9.17, 15) is 18.3 Å². The molecule has 4 unspecified atom stereocenters. The Kier molecular flexibility index (Phi) is 8.45. The lowest BCUT2D eigenvalue weighted by molar-refractivity contribution is -0.0866. The van der Waals surface area contributed by atoms with Crippen LogP contribution in [0.3, 0.4) is 0 Å². The van der Waals surface area contributed by atoms with Gasteiger partial charge >= 0.3 is 6.18 Å². The number of halogens is 3. The second-order valence-corrected chi connectivity index (χ2v) is 12.9. The van der Waals surface area contributed by atoms with Gasteiger partial charge in [-0.05, 0) is 112 Å². The molecule has 0 amide bonds. The standard InChI is InChI=1S/C33H45F3N2O/c1-22(19-26-13-16-37-31-28(26)9-6-10-29(31)33(34,35)36)21-38-17-14-27(15-18-38)32(3,39)30-20-25(12-11-23(30)2)24-7-4-5-8-24/h6,9-12,20,22,24,26-28,39H,4-5,7-8,13-19,21H2,1-3H3. The zero-order chi connectivity index (χ0) is 27.8. The minimum Gasteiger partial charge on any atom is -0.385 e. The van der Waals surface area contributed by atoms with Gasteiger partial charge in [0.1, 0.15) is 0 Å². The molecule has 214 valence electrons. The number of alkyl halides is 3. The quantitative estimate of drug-likeness (QED) is 0.383. The number of hydrogen-bond acceptors (Lipinski definition) is 3. The zero-order valence-electron chi connectivity index (χ0n) is 23.8. The second kappa shape index (κ2) is 11.5. The van der Waals surface area contributed by atoms with E-state index in [4.69, 9.17) is 0 Å². The molecular weight excluding hydrogens is 497 g/mol. The average Bonchev–Trinajstić information content (AvgIpc) is 3.43. The van der Waals surface area contributed by atoms with Crippen LogP contribution < -0.4 is 0 Å². The summed E-state index contributed by atoms with van der Waals surface area (Å²) < 4.78 is 40.6. The molecule has 1 N–H and O–H groups in total. The molecule has 0 aromatic heterocycles. The number of fused-ring (bicyclic) bond motifs is 1. The molecule has 6 heteroatoms. The molecule has 2 aliphatic carbocycles. The van der Waals surface area contributed by atoms with Crippen molar-refractivity contribution in [2.24, 2.45) is 28.7 Å². The Morgan fingerprint density at radius 1 is 1.08 bits per heavy atom. The summed E-state index contributed by atoms with van der Waals surface area (Å²) in [6.07, 6.45) is 9.10. The van der Waals surface area contributed by atoms with E-state index < -0.39 is 17.4 Å². The molecule has 0 spiro atoms. The van der Waals surface area contributed by atoms with Gasteiger partial charge in [-0.3, -0.25) is 4.99 Å². The summed E-state index contributed by atoms with van der Waals surface area (Å²) in [5.74, 6) is 1.22. The number of aliphatic hydroxyl groups is 1. The fourth-order valence-electron chi connectivity index (χ4n) is 7.86. The summed E-state index contributed by atoms with van der Waals surface area (Å²) in [6.45, 7) is 9.70. The second-order valence-electron chi connectivity index (χ2n) is 12.9. The fraction of sp³-hybridized carbons (Fsp3) is 0.667. The SMILES string of the molecule is Cc1ccc(C2CCCC2)cc1C(C)(O)C1CCN(CC(C)CC2CCN=C3C(C(F)(F)F)=CC=CC32)CC1. The molecule has 4 atom stereocenters. The summed E-state index contributed by atoms with van der Waals surface area (Å²) in [5.41, 5.74) is 2.50. The predicted molar refractivity (Wildman–Crippen MR) is 152 cm³/mol. The van der Waals surface area contributed by atoms with E-state index in [0.29, 0.717) is 18.4 Å². The van der Waals surface area contributed by atoms with Crippen molar-refractivity contribution in [3.8, 4) is 0 Å². The van der Waals surface area contributed by atoms with E-state index in [2.05, 4.69) is 41.9 Å². The van der Waals surface area contributed by atoms with Crippen LogP contribution in [0, 0.1) is 30.6 Å². The molecule has 1 saturated heterocycles. The van der Waals surface area contributed by atoms with Crippen molar-refractivity contribution in [2.75, 3.05) is 26.2 Å². The Morgan fingerprint density at radius 2 is 1.79 bits per heavy atom. The number of hydrogen-bond donors (Lipinski definition) is 1. The van der Waals surface area contributed by atoms with Crippen molar-refractivity contribution in [3.63, 3.8) is 0 Å². The summed E-state index contributed by atoms with van der Waals surface area (Å²) in [6, 6.07) is 6.75. The van der Waals surface area contributed by atoms with E-state index in [-0.39, 0.29) is 23.5 Å². The molecule has 0 bridgehead atoms. The maximum absolute atomic E-state index is 13.5. The van der Waals surface area contributed by atoms with E-state index in [0.717, 1.165) is 50.9 Å². The minimum atomic E-state index is -4.35. The lowest BCUT2D eigenvalue weighted by Crippen LogP contribution is -2.44. The summed E-state index contributed by atoms with van der Waals surface area (Å²) in [4.78, 5) is 6.80. The number of rotatable bonds is 7. The highest BCUT2D eigenvalue weighted by molar-refractivity contribution is 6.05. The van der Waals surface area contributed by atoms with E-state index in [1.165, 1.54) is 42.9 Å². The molecule has 2 heterocycles. The van der Waals surface area contributed by atoms with Crippen LogP contribution in [0.15, 0.2) is 47.0 Å². The van der Waals surface area contributed by atoms with Crippen LogP contribution in [0.2, 0.25) is 0 Å². The molecule has 0 radical (unpaired) electrons. The van der Waals surface area contributed by atoms with Gasteiger partial charge in [0, 0.05) is 19.0 Å². The average molecular weight is 543 g/mol. The Morgan fingerprint density at radius 3 is 2.49 bits per heavy atom. The summed E-state index contributed by atoms with van der Waals surface area (Å²) >= 11 is 0. The lowest BCUT2D eigenvalue weighted by Gasteiger charge is -2.42. The summed E-state index contributed by atoms with van der Waals surface area (Å²) in [7, 11) is 0. The third kappa shape index (κ3) is 6.22. The van der Waals surface area contributed by atoms with Gasteiger partial charge in [-0.15, -0.1) is 0 Å². The third-order valence-corrected chi connectivity index (χ3v) is 10.1. The molecule has 5 rings (SSSR count). The highest BCUT2D eigenvalue weighted by Gasteiger charge is 2.43. The first kappa shape index (κ1) is 28.6. The molecule has 3 nitrogen and oxygen atoms in total. The van der Waals surface area contributed by atoms with Gasteiger partial charge in [0.05, 0.1) is 16.9 Å². The molecule has 1 aromatic rings. The molecule has 4 aliphatic rings. The van der Waals surface area contributed by atoms with Crippen molar-refractivity contribution in [1.29, 1.82) is 0 Å². The zero-order valence-corrected chi connectivity index (χ0v) is 23.8. The number of allylic oxidation sites excluding steroid dienone is 4. The maximum Gasteiger partial charge on any atom is 0.418 e. The van der Waals surface area contributed by atoms with E-state index in [1.54, 1.807) is 6.08 Å². The van der Waals surface area contributed by atoms with Crippen molar-refractivity contribution in [1.82, 2.24) is 4.90 Å². The number of likely N-dealkylation sites (tertiary alicyclic amines) is 1. The molecule has 1 aromatic carbocycles. The first-order valence-corrected chi connectivity index (χ1v) is 15.1. The van der Waals surface area contributed by atoms with Crippen molar-refractivity contribution in [2.45, 2.75) is 89.8 Å². The van der Waals surface area contributed by atoms with E-state index >= 15 is 0 Å². The van der Waals surface area contributed by atoms with Gasteiger partial charge in [0.2, 0.25) is 0 Å². The smallest absolute Gasteiger partial charge is 0.385 e. The molecule has 2 aliphatic heterocycles. The van der Waals surface area contributed by atoms with Crippen LogP contribution in [0.1, 0.15) is 87.8 Å². The van der Waals surface area contributed by atoms with Crippen LogP contribution in [0.5, 0.6) is 0 Å². The number of piperidine rings is 1. The van der Waals surface area contributed by atoms with Crippen molar-refractivity contribution >= 4 is 5.71 Å². The van der Waals surface area contributed by atoms with Gasteiger partial charge < -0.3 is 10.0 Å².